The van der Waals surface area contributed by atoms with Gasteiger partial charge in [-0.05, 0) is 36.2 Å². The number of aryl methyl sites for hydroxylation is 1. The highest BCUT2D eigenvalue weighted by molar-refractivity contribution is 7.80. The van der Waals surface area contributed by atoms with Crippen molar-refractivity contribution in [1.82, 2.24) is 4.98 Å². The highest BCUT2D eigenvalue weighted by Crippen LogP contribution is 2.16. The van der Waals surface area contributed by atoms with Crippen LogP contribution >= 0.6 is 12.2 Å². The number of rotatable bonds is 5. The number of aromatic nitrogens is 1. The molecule has 3 nitrogen and oxygen atoms in total. The van der Waals surface area contributed by atoms with E-state index in [-0.39, 0.29) is 0 Å². The van der Waals surface area contributed by atoms with Gasteiger partial charge in [-0.2, -0.15) is 0 Å². The minimum atomic E-state index is 0.378. The predicted octanol–water partition coefficient (Wildman–Crippen LogP) is 3.41. The van der Waals surface area contributed by atoms with Crippen LogP contribution in [0.25, 0.3) is 0 Å². The second-order valence-corrected chi connectivity index (χ2v) is 4.81. The van der Waals surface area contributed by atoms with E-state index in [1.54, 1.807) is 12.3 Å². The van der Waals surface area contributed by atoms with Crippen LogP contribution in [0.5, 0.6) is 0 Å². The zero-order valence-electron chi connectivity index (χ0n) is 10.9. The van der Waals surface area contributed by atoms with E-state index in [9.17, 15) is 0 Å². The van der Waals surface area contributed by atoms with E-state index in [0.717, 1.165) is 29.9 Å². The maximum Gasteiger partial charge on any atom is 0.130 e. The topological polar surface area (TPSA) is 50.9 Å². The molecule has 19 heavy (non-hydrogen) atoms. The van der Waals surface area contributed by atoms with Gasteiger partial charge in [-0.1, -0.05) is 37.7 Å². The summed E-state index contributed by atoms with van der Waals surface area (Å²) in [5.41, 5.74) is 8.77. The lowest BCUT2D eigenvalue weighted by Crippen LogP contribution is -2.09. The third-order valence-corrected chi connectivity index (χ3v) is 3.05. The molecule has 3 N–H and O–H groups in total. The molecule has 0 bridgehead atoms. The molecule has 0 aliphatic rings. The second-order valence-electron chi connectivity index (χ2n) is 4.37. The summed E-state index contributed by atoms with van der Waals surface area (Å²) >= 11 is 4.95. The zero-order chi connectivity index (χ0) is 13.7. The first-order chi connectivity index (χ1) is 9.19. The molecule has 1 aromatic heterocycles. The van der Waals surface area contributed by atoms with Crippen molar-refractivity contribution in [2.24, 2.45) is 5.73 Å². The standard InChI is InChI=1S/C15H17N3S/c1-2-3-11-4-6-13(7-5-11)18-14-10-12(15(16)19)8-9-17-14/h4-10H,2-3H2,1H3,(H2,16,19)(H,17,18). The average Bonchev–Trinajstić information content (AvgIpc) is 2.42. The molecule has 0 saturated carbocycles. The predicted molar refractivity (Wildman–Crippen MR) is 83.8 cm³/mol. The highest BCUT2D eigenvalue weighted by atomic mass is 32.1. The molecule has 0 unspecified atom stereocenters. The van der Waals surface area contributed by atoms with Crippen LogP contribution in [0.2, 0.25) is 0 Å². The van der Waals surface area contributed by atoms with Gasteiger partial charge in [0.2, 0.25) is 0 Å². The largest absolute Gasteiger partial charge is 0.389 e. The zero-order valence-corrected chi connectivity index (χ0v) is 11.7. The third kappa shape index (κ3) is 3.76. The molecule has 0 amide bonds. The van der Waals surface area contributed by atoms with Gasteiger partial charge in [-0.25, -0.2) is 4.98 Å². The number of anilines is 2. The summed E-state index contributed by atoms with van der Waals surface area (Å²) in [4.78, 5) is 4.63. The van der Waals surface area contributed by atoms with E-state index in [0.29, 0.717) is 4.99 Å². The summed E-state index contributed by atoms with van der Waals surface area (Å²) in [5, 5.41) is 3.24. The van der Waals surface area contributed by atoms with Gasteiger partial charge in [-0.3, -0.25) is 0 Å². The van der Waals surface area contributed by atoms with Crippen molar-refractivity contribution in [3.63, 3.8) is 0 Å². The molecule has 2 rings (SSSR count). The number of pyridine rings is 1. The maximum absolute atomic E-state index is 5.61. The Morgan fingerprint density at radius 3 is 2.63 bits per heavy atom. The van der Waals surface area contributed by atoms with Gasteiger partial charge in [-0.15, -0.1) is 0 Å². The summed E-state index contributed by atoms with van der Waals surface area (Å²) < 4.78 is 0. The Kier molecular flexibility index (Phi) is 4.47. The van der Waals surface area contributed by atoms with Crippen LogP contribution in [-0.2, 0) is 6.42 Å². The third-order valence-electron chi connectivity index (χ3n) is 2.81. The lowest BCUT2D eigenvalue weighted by atomic mass is 10.1. The van der Waals surface area contributed by atoms with Crippen molar-refractivity contribution in [1.29, 1.82) is 0 Å². The molecule has 98 valence electrons. The van der Waals surface area contributed by atoms with Crippen LogP contribution in [-0.4, -0.2) is 9.97 Å². The normalized spacial score (nSPS) is 10.2. The lowest BCUT2D eigenvalue weighted by Gasteiger charge is -2.07. The van der Waals surface area contributed by atoms with Crippen LogP contribution < -0.4 is 11.1 Å². The van der Waals surface area contributed by atoms with Crippen LogP contribution in [0.1, 0.15) is 24.5 Å². The lowest BCUT2D eigenvalue weighted by molar-refractivity contribution is 0.922. The molecule has 1 aromatic carbocycles. The van der Waals surface area contributed by atoms with Crippen molar-refractivity contribution in [3.8, 4) is 0 Å². The molecule has 0 atom stereocenters. The highest BCUT2D eigenvalue weighted by Gasteiger charge is 2.00. The summed E-state index contributed by atoms with van der Waals surface area (Å²) in [6.07, 6.45) is 3.96. The molecule has 2 aromatic rings. The van der Waals surface area contributed by atoms with Crippen molar-refractivity contribution in [3.05, 3.63) is 53.7 Å². The molecule has 0 fully saturated rings. The molecular weight excluding hydrogens is 254 g/mol. The molecule has 0 aliphatic carbocycles. The van der Waals surface area contributed by atoms with Gasteiger partial charge in [0.25, 0.3) is 0 Å². The molecule has 1 heterocycles. The SMILES string of the molecule is CCCc1ccc(Nc2cc(C(N)=S)ccn2)cc1. The summed E-state index contributed by atoms with van der Waals surface area (Å²) in [5.74, 6) is 0.744. The van der Waals surface area contributed by atoms with Crippen LogP contribution in [0.3, 0.4) is 0 Å². The first kappa shape index (κ1) is 13.5. The van der Waals surface area contributed by atoms with Crippen LogP contribution in [0, 0.1) is 0 Å². The Morgan fingerprint density at radius 1 is 1.26 bits per heavy atom. The maximum atomic E-state index is 5.61. The molecule has 0 radical (unpaired) electrons. The average molecular weight is 271 g/mol. The first-order valence-corrected chi connectivity index (χ1v) is 6.71. The monoisotopic (exact) mass is 271 g/mol. The van der Waals surface area contributed by atoms with Gasteiger partial charge < -0.3 is 11.1 Å². The molecule has 0 saturated heterocycles. The quantitative estimate of drug-likeness (QED) is 0.818. The van der Waals surface area contributed by atoms with E-state index >= 15 is 0 Å². The second kappa shape index (κ2) is 6.29. The van der Waals surface area contributed by atoms with Crippen molar-refractivity contribution < 1.29 is 0 Å². The van der Waals surface area contributed by atoms with E-state index in [1.165, 1.54) is 5.56 Å². The number of benzene rings is 1. The van der Waals surface area contributed by atoms with E-state index in [1.807, 2.05) is 6.07 Å². The van der Waals surface area contributed by atoms with Crippen LogP contribution in [0.4, 0.5) is 11.5 Å². The van der Waals surface area contributed by atoms with E-state index in [4.69, 9.17) is 18.0 Å². The van der Waals surface area contributed by atoms with Crippen molar-refractivity contribution >= 4 is 28.7 Å². The van der Waals surface area contributed by atoms with Gasteiger partial charge >= 0.3 is 0 Å². The number of hydrogen-bond donors (Lipinski definition) is 2. The minimum absolute atomic E-state index is 0.378. The van der Waals surface area contributed by atoms with Gasteiger partial charge in [0, 0.05) is 17.4 Å². The molecule has 4 heteroatoms. The van der Waals surface area contributed by atoms with E-state index < -0.39 is 0 Å². The van der Waals surface area contributed by atoms with Gasteiger partial charge in [0.1, 0.15) is 10.8 Å². The van der Waals surface area contributed by atoms with Gasteiger partial charge in [0.05, 0.1) is 0 Å². The Bertz CT molecular complexity index is 564. The smallest absolute Gasteiger partial charge is 0.130 e. The number of nitrogens with zero attached hydrogens (tertiary/aromatic N) is 1. The fourth-order valence-corrected chi connectivity index (χ4v) is 1.97. The molecule has 0 aliphatic heterocycles. The first-order valence-electron chi connectivity index (χ1n) is 6.31. The molecule has 0 spiro atoms. The Balaban J connectivity index is 2.12. The van der Waals surface area contributed by atoms with Gasteiger partial charge in [0.15, 0.2) is 0 Å². The minimum Gasteiger partial charge on any atom is -0.389 e. The van der Waals surface area contributed by atoms with Crippen molar-refractivity contribution in [2.45, 2.75) is 19.8 Å². The number of nitrogens with one attached hydrogen (secondary N) is 1. The van der Waals surface area contributed by atoms with Crippen molar-refractivity contribution in [2.75, 3.05) is 5.32 Å². The fraction of sp³-hybridized carbons (Fsp3) is 0.200. The Hall–Kier alpha value is -1.94. The van der Waals surface area contributed by atoms with Crippen LogP contribution in [0.15, 0.2) is 42.6 Å². The molecular formula is C15H17N3S. The summed E-state index contributed by atoms with van der Waals surface area (Å²) in [6, 6.07) is 12.0. The number of hydrogen-bond acceptors (Lipinski definition) is 3. The van der Waals surface area contributed by atoms with E-state index in [2.05, 4.69) is 41.5 Å². The number of thiocarbonyl (C=S) groups is 1. The number of nitrogens with two attached hydrogens (primary N) is 1. The summed E-state index contributed by atoms with van der Waals surface area (Å²) in [6.45, 7) is 2.18. The summed E-state index contributed by atoms with van der Waals surface area (Å²) in [7, 11) is 0. The Labute approximate surface area is 118 Å². The Morgan fingerprint density at radius 2 is 2.00 bits per heavy atom. The fourth-order valence-electron chi connectivity index (χ4n) is 1.84.